The number of aryl methyl sites for hydroxylation is 3. The molecule has 0 unspecified atom stereocenters. The maximum Gasteiger partial charge on any atom is 0.273 e. The van der Waals surface area contributed by atoms with Crippen LogP contribution in [0.4, 0.5) is 11.4 Å². The van der Waals surface area contributed by atoms with Crippen molar-refractivity contribution in [1.29, 1.82) is 0 Å². The van der Waals surface area contributed by atoms with Crippen LogP contribution in [0, 0.1) is 30.9 Å². The highest BCUT2D eigenvalue weighted by atomic mass is 32.2. The van der Waals surface area contributed by atoms with Gasteiger partial charge in [-0.25, -0.2) is 0 Å². The summed E-state index contributed by atoms with van der Waals surface area (Å²) in [5.74, 6) is 0.202. The summed E-state index contributed by atoms with van der Waals surface area (Å²) < 4.78 is 1.87. The lowest BCUT2D eigenvalue weighted by molar-refractivity contribution is -0.385. The Labute approximate surface area is 241 Å². The van der Waals surface area contributed by atoms with Gasteiger partial charge >= 0.3 is 0 Å². The molecule has 0 radical (unpaired) electrons. The molecule has 0 bridgehead atoms. The molecule has 2 amide bonds. The molecule has 0 atom stereocenters. The minimum atomic E-state index is -0.503. The quantitative estimate of drug-likeness (QED) is 0.178. The minimum Gasteiger partial charge on any atom is -0.345 e. The van der Waals surface area contributed by atoms with Crippen molar-refractivity contribution in [2.75, 3.05) is 17.2 Å². The molecule has 3 aromatic carbocycles. The highest BCUT2D eigenvalue weighted by Crippen LogP contribution is 2.30. The molecule has 0 aliphatic carbocycles. The molecule has 0 saturated carbocycles. The van der Waals surface area contributed by atoms with Crippen molar-refractivity contribution in [3.63, 3.8) is 0 Å². The maximum atomic E-state index is 13.3. The van der Waals surface area contributed by atoms with E-state index in [1.807, 2.05) is 59.7 Å². The number of benzene rings is 3. The van der Waals surface area contributed by atoms with Crippen molar-refractivity contribution in [1.82, 2.24) is 20.1 Å². The number of nitrogens with zero attached hydrogens (tertiary/aromatic N) is 5. The first kappa shape index (κ1) is 28.0. The van der Waals surface area contributed by atoms with Gasteiger partial charge in [0.1, 0.15) is 0 Å². The highest BCUT2D eigenvalue weighted by molar-refractivity contribution is 7.99. The Hall–Kier alpha value is -4.51. The second-order valence-corrected chi connectivity index (χ2v) is 10.9. The molecule has 1 N–H and O–H groups in total. The van der Waals surface area contributed by atoms with Crippen LogP contribution in [0.15, 0.2) is 65.8 Å². The molecule has 210 valence electrons. The first-order valence-corrected chi connectivity index (χ1v) is 14.3. The molecule has 4 aromatic rings. The number of hydrogen-bond donors (Lipinski definition) is 1. The van der Waals surface area contributed by atoms with Gasteiger partial charge in [-0.05, 0) is 68.5 Å². The van der Waals surface area contributed by atoms with E-state index < -0.39 is 10.8 Å². The van der Waals surface area contributed by atoms with Gasteiger partial charge in [0.2, 0.25) is 5.91 Å². The normalized spacial score (nSPS) is 12.6. The fraction of sp³-hybridized carbons (Fsp3) is 0.267. The lowest BCUT2D eigenvalue weighted by Crippen LogP contribution is -2.36. The van der Waals surface area contributed by atoms with E-state index in [4.69, 9.17) is 0 Å². The van der Waals surface area contributed by atoms with Crippen LogP contribution in [-0.2, 0) is 17.8 Å². The van der Waals surface area contributed by atoms with Crippen LogP contribution < -0.4 is 10.2 Å². The van der Waals surface area contributed by atoms with Crippen molar-refractivity contribution in [3.8, 4) is 5.69 Å². The van der Waals surface area contributed by atoms with Crippen LogP contribution in [0.3, 0.4) is 0 Å². The summed E-state index contributed by atoms with van der Waals surface area (Å²) in [6.45, 7) is 6.24. The van der Waals surface area contributed by atoms with Gasteiger partial charge in [-0.15, -0.1) is 10.2 Å². The molecule has 5 rings (SSSR count). The third-order valence-corrected chi connectivity index (χ3v) is 8.11. The number of thioether (sulfide) groups is 1. The van der Waals surface area contributed by atoms with Gasteiger partial charge in [-0.1, -0.05) is 48.2 Å². The summed E-state index contributed by atoms with van der Waals surface area (Å²) in [6.07, 6.45) is 1.87. The summed E-state index contributed by atoms with van der Waals surface area (Å²) in [5, 5.41) is 23.5. The van der Waals surface area contributed by atoms with E-state index in [0.29, 0.717) is 23.1 Å². The lowest BCUT2D eigenvalue weighted by atomic mass is 10.0. The zero-order valence-electron chi connectivity index (χ0n) is 23.1. The molecule has 1 aliphatic heterocycles. The number of hydrogen-bond acceptors (Lipinski definition) is 7. The van der Waals surface area contributed by atoms with Crippen LogP contribution in [0.1, 0.15) is 44.9 Å². The first-order valence-electron chi connectivity index (χ1n) is 13.3. The summed E-state index contributed by atoms with van der Waals surface area (Å²) in [4.78, 5) is 39.0. The van der Waals surface area contributed by atoms with Crippen LogP contribution in [-0.4, -0.2) is 43.8 Å². The van der Waals surface area contributed by atoms with Crippen LogP contribution >= 0.6 is 11.8 Å². The van der Waals surface area contributed by atoms with E-state index in [-0.39, 0.29) is 29.5 Å². The molecule has 11 heteroatoms. The Morgan fingerprint density at radius 1 is 1.02 bits per heavy atom. The van der Waals surface area contributed by atoms with E-state index in [0.717, 1.165) is 35.3 Å². The molecule has 41 heavy (non-hydrogen) atoms. The Bertz CT molecular complexity index is 1650. The van der Waals surface area contributed by atoms with Crippen molar-refractivity contribution in [2.24, 2.45) is 0 Å². The van der Waals surface area contributed by atoms with Gasteiger partial charge in [0.05, 0.1) is 22.9 Å². The number of nitrogens with one attached hydrogen (secondary N) is 1. The average Bonchev–Trinajstić information content (AvgIpc) is 3.37. The number of amides is 2. The van der Waals surface area contributed by atoms with Crippen molar-refractivity contribution < 1.29 is 14.5 Å². The van der Waals surface area contributed by atoms with Crippen molar-refractivity contribution >= 4 is 35.0 Å². The number of carbonyl (C=O) groups is 2. The molecule has 1 aromatic heterocycles. The second-order valence-electron chi connectivity index (χ2n) is 9.98. The molecule has 10 nitrogen and oxygen atoms in total. The predicted octanol–water partition coefficient (Wildman–Crippen LogP) is 5.10. The standard InChI is InChI=1S/C30H30N6O4S/c1-19-13-14-20(2)26(16-19)35-27(17-31-29(38)23-10-6-12-24(21(23)3)36(39)40)32-33-30(35)41-18-28(37)34-15-7-9-22-8-4-5-11-25(22)34/h4-6,8,10-14,16H,7,9,15,17-18H2,1-3H3,(H,31,38). The summed E-state index contributed by atoms with van der Waals surface area (Å²) in [7, 11) is 0. The van der Waals surface area contributed by atoms with E-state index in [2.05, 4.69) is 21.6 Å². The van der Waals surface area contributed by atoms with Gasteiger partial charge in [0.25, 0.3) is 11.6 Å². The number of nitro groups is 1. The second kappa shape index (κ2) is 11.9. The summed E-state index contributed by atoms with van der Waals surface area (Å²) in [5.41, 5.74) is 5.40. The summed E-state index contributed by atoms with van der Waals surface area (Å²) >= 11 is 1.30. The van der Waals surface area contributed by atoms with Gasteiger partial charge in [-0.3, -0.25) is 24.3 Å². The maximum absolute atomic E-state index is 13.3. The fourth-order valence-electron chi connectivity index (χ4n) is 5.03. The SMILES string of the molecule is Cc1ccc(C)c(-n2c(CNC(=O)c3cccc([N+](=O)[O-])c3C)nnc2SCC(=O)N2CCCc3ccccc32)c1. The smallest absolute Gasteiger partial charge is 0.273 e. The number of carbonyl (C=O) groups excluding carboxylic acids is 2. The average molecular weight is 571 g/mol. The third-order valence-electron chi connectivity index (χ3n) is 7.20. The Morgan fingerprint density at radius 3 is 2.63 bits per heavy atom. The predicted molar refractivity (Wildman–Crippen MR) is 158 cm³/mol. The Morgan fingerprint density at radius 2 is 1.83 bits per heavy atom. The van der Waals surface area contributed by atoms with Gasteiger partial charge in [-0.2, -0.15) is 0 Å². The van der Waals surface area contributed by atoms with Crippen LogP contribution in [0.25, 0.3) is 5.69 Å². The third kappa shape index (κ3) is 5.85. The molecular weight excluding hydrogens is 540 g/mol. The van der Waals surface area contributed by atoms with Crippen molar-refractivity contribution in [2.45, 2.75) is 45.3 Å². The molecule has 0 fully saturated rings. The minimum absolute atomic E-state index is 0.00587. The zero-order chi connectivity index (χ0) is 29.1. The number of aromatic nitrogens is 3. The molecular formula is C30H30N6O4S. The summed E-state index contributed by atoms with van der Waals surface area (Å²) in [6, 6.07) is 18.4. The number of nitro benzene ring substituents is 1. The fourth-order valence-corrected chi connectivity index (χ4v) is 5.87. The van der Waals surface area contributed by atoms with E-state index in [1.54, 1.807) is 13.0 Å². The number of anilines is 1. The molecule has 0 spiro atoms. The number of fused-ring (bicyclic) bond motifs is 1. The van der Waals surface area contributed by atoms with Gasteiger partial charge < -0.3 is 10.2 Å². The Kier molecular flexibility index (Phi) is 8.16. The highest BCUT2D eigenvalue weighted by Gasteiger charge is 2.25. The van der Waals surface area contributed by atoms with E-state index in [9.17, 15) is 19.7 Å². The van der Waals surface area contributed by atoms with Gasteiger partial charge in [0, 0.05) is 29.4 Å². The monoisotopic (exact) mass is 570 g/mol. The van der Waals surface area contributed by atoms with Crippen LogP contribution in [0.2, 0.25) is 0 Å². The van der Waals surface area contributed by atoms with Gasteiger partial charge in [0.15, 0.2) is 11.0 Å². The largest absolute Gasteiger partial charge is 0.345 e. The molecule has 2 heterocycles. The number of para-hydroxylation sites is 1. The van der Waals surface area contributed by atoms with Crippen LogP contribution in [0.5, 0.6) is 0 Å². The first-order chi connectivity index (χ1) is 19.7. The zero-order valence-corrected chi connectivity index (χ0v) is 23.9. The van der Waals surface area contributed by atoms with E-state index >= 15 is 0 Å². The molecule has 1 aliphatic rings. The molecule has 0 saturated heterocycles. The Balaban J connectivity index is 1.40. The number of rotatable bonds is 8. The van der Waals surface area contributed by atoms with E-state index in [1.165, 1.54) is 29.5 Å². The lowest BCUT2D eigenvalue weighted by Gasteiger charge is -2.29. The topological polar surface area (TPSA) is 123 Å². The van der Waals surface area contributed by atoms with Crippen molar-refractivity contribution in [3.05, 3.63) is 104 Å².